The molecule has 0 aliphatic rings. The van der Waals surface area contributed by atoms with Gasteiger partial charge in [0.2, 0.25) is 4.96 Å². The van der Waals surface area contributed by atoms with Crippen LogP contribution in [0.25, 0.3) is 15.5 Å². The monoisotopic (exact) mass is 421 g/mol. The van der Waals surface area contributed by atoms with E-state index in [1.807, 2.05) is 44.2 Å². The van der Waals surface area contributed by atoms with Gasteiger partial charge in [0.15, 0.2) is 12.4 Å². The van der Waals surface area contributed by atoms with Crippen LogP contribution in [0, 0.1) is 13.8 Å². The molecule has 2 aromatic heterocycles. The van der Waals surface area contributed by atoms with E-state index in [0.717, 1.165) is 33.3 Å². The predicted molar refractivity (Wildman–Crippen MR) is 118 cm³/mol. The van der Waals surface area contributed by atoms with Crippen LogP contribution in [0.4, 0.5) is 5.69 Å². The zero-order chi connectivity index (χ0) is 21.3. The lowest BCUT2D eigenvalue weighted by molar-refractivity contribution is -0.118. The highest BCUT2D eigenvalue weighted by atomic mass is 32.1. The molecule has 2 heterocycles. The second-order valence-electron chi connectivity index (χ2n) is 7.43. The number of aryl methyl sites for hydroxylation is 2. The van der Waals surface area contributed by atoms with Crippen molar-refractivity contribution in [2.75, 3.05) is 11.9 Å². The Hall–Kier alpha value is -3.26. The van der Waals surface area contributed by atoms with Crippen LogP contribution in [0.15, 0.2) is 42.5 Å². The summed E-state index contributed by atoms with van der Waals surface area (Å²) in [7, 11) is 0. The first-order valence-corrected chi connectivity index (χ1v) is 10.6. The lowest BCUT2D eigenvalue weighted by Crippen LogP contribution is -2.21. The summed E-state index contributed by atoms with van der Waals surface area (Å²) in [4.78, 5) is 13.3. The van der Waals surface area contributed by atoms with E-state index in [-0.39, 0.29) is 12.5 Å². The lowest BCUT2D eigenvalue weighted by Gasteiger charge is -2.15. The topological polar surface area (TPSA) is 81.4 Å². The van der Waals surface area contributed by atoms with Crippen molar-refractivity contribution in [1.82, 2.24) is 19.8 Å². The number of carbonyl (C=O) groups is 1. The standard InChI is InChI=1S/C22H23N5O2S/c1-13(2)16-10-9-14(3)11-19(16)29-12-20(28)23-18-8-6-5-7-17(18)21-26-27-15(4)24-25-22(27)30-21/h5-11,13H,12H2,1-4H3,(H,23,28). The van der Waals surface area contributed by atoms with Gasteiger partial charge >= 0.3 is 0 Å². The highest BCUT2D eigenvalue weighted by Gasteiger charge is 2.16. The molecule has 0 saturated heterocycles. The molecule has 0 bridgehead atoms. The average molecular weight is 422 g/mol. The van der Waals surface area contributed by atoms with Gasteiger partial charge in [-0.2, -0.15) is 9.61 Å². The van der Waals surface area contributed by atoms with E-state index in [0.29, 0.717) is 16.6 Å². The van der Waals surface area contributed by atoms with E-state index in [4.69, 9.17) is 4.74 Å². The highest BCUT2D eigenvalue weighted by Crippen LogP contribution is 2.32. The molecule has 4 rings (SSSR count). The van der Waals surface area contributed by atoms with Gasteiger partial charge in [-0.15, -0.1) is 10.2 Å². The first-order valence-electron chi connectivity index (χ1n) is 9.74. The number of nitrogens with zero attached hydrogens (tertiary/aromatic N) is 4. The fraction of sp³-hybridized carbons (Fsp3) is 0.273. The molecule has 0 spiro atoms. The number of ether oxygens (including phenoxy) is 1. The van der Waals surface area contributed by atoms with E-state index in [1.165, 1.54) is 11.3 Å². The third-order valence-electron chi connectivity index (χ3n) is 4.73. The molecule has 0 fully saturated rings. The molecular formula is C22H23N5O2S. The van der Waals surface area contributed by atoms with Crippen LogP contribution in [0.1, 0.15) is 36.7 Å². The number of hydrogen-bond acceptors (Lipinski definition) is 6. The summed E-state index contributed by atoms with van der Waals surface area (Å²) < 4.78 is 7.56. The quantitative estimate of drug-likeness (QED) is 0.492. The van der Waals surface area contributed by atoms with Gasteiger partial charge in [-0.25, -0.2) is 0 Å². The zero-order valence-electron chi connectivity index (χ0n) is 17.3. The molecule has 0 unspecified atom stereocenters. The number of carbonyl (C=O) groups excluding carboxylic acids is 1. The molecule has 1 amide bonds. The van der Waals surface area contributed by atoms with Crippen LogP contribution >= 0.6 is 11.3 Å². The number of rotatable bonds is 6. The number of para-hydroxylation sites is 1. The molecule has 1 N–H and O–H groups in total. The molecule has 0 radical (unpaired) electrons. The number of hydrogen-bond donors (Lipinski definition) is 1. The lowest BCUT2D eigenvalue weighted by atomic mass is 10.0. The minimum Gasteiger partial charge on any atom is -0.483 e. The number of benzene rings is 2. The van der Waals surface area contributed by atoms with Crippen LogP contribution in [0.3, 0.4) is 0 Å². The van der Waals surface area contributed by atoms with E-state index in [2.05, 4.69) is 46.6 Å². The largest absolute Gasteiger partial charge is 0.483 e. The number of anilines is 1. The van der Waals surface area contributed by atoms with Crippen LogP contribution in [0.5, 0.6) is 5.75 Å². The van der Waals surface area contributed by atoms with Crippen LogP contribution in [0.2, 0.25) is 0 Å². The van der Waals surface area contributed by atoms with Crippen molar-refractivity contribution in [3.8, 4) is 16.3 Å². The predicted octanol–water partition coefficient (Wildman–Crippen LogP) is 4.61. The normalized spacial score (nSPS) is 11.2. The average Bonchev–Trinajstić information content (AvgIpc) is 3.29. The molecule has 0 aliphatic heterocycles. The molecule has 0 atom stereocenters. The van der Waals surface area contributed by atoms with Crippen molar-refractivity contribution in [2.24, 2.45) is 0 Å². The molecule has 7 nitrogen and oxygen atoms in total. The number of aromatic nitrogens is 4. The molecule has 8 heteroatoms. The summed E-state index contributed by atoms with van der Waals surface area (Å²) in [5, 5.41) is 16.4. The van der Waals surface area contributed by atoms with E-state index in [9.17, 15) is 4.79 Å². The van der Waals surface area contributed by atoms with E-state index < -0.39 is 0 Å². The Morgan fingerprint density at radius 2 is 1.97 bits per heavy atom. The van der Waals surface area contributed by atoms with Crippen LogP contribution < -0.4 is 10.1 Å². The number of amides is 1. The van der Waals surface area contributed by atoms with Gasteiger partial charge in [0.1, 0.15) is 10.8 Å². The summed E-state index contributed by atoms with van der Waals surface area (Å²) in [6, 6.07) is 13.7. The molecular weight excluding hydrogens is 398 g/mol. The highest BCUT2D eigenvalue weighted by molar-refractivity contribution is 7.19. The van der Waals surface area contributed by atoms with Crippen molar-refractivity contribution in [3.63, 3.8) is 0 Å². The van der Waals surface area contributed by atoms with Crippen LogP contribution in [-0.4, -0.2) is 32.3 Å². The summed E-state index contributed by atoms with van der Waals surface area (Å²) in [6.45, 7) is 8.01. The minimum atomic E-state index is -0.224. The molecule has 4 aromatic rings. The first-order chi connectivity index (χ1) is 14.4. The molecule has 2 aromatic carbocycles. The number of nitrogens with one attached hydrogen (secondary N) is 1. The third-order valence-corrected chi connectivity index (χ3v) is 5.66. The van der Waals surface area contributed by atoms with Crippen molar-refractivity contribution in [2.45, 2.75) is 33.6 Å². The minimum absolute atomic E-state index is 0.0677. The molecule has 0 aliphatic carbocycles. The Morgan fingerprint density at radius 3 is 2.73 bits per heavy atom. The maximum Gasteiger partial charge on any atom is 0.262 e. The summed E-state index contributed by atoms with van der Waals surface area (Å²) in [5.74, 6) is 1.56. The number of fused-ring (bicyclic) bond motifs is 1. The van der Waals surface area contributed by atoms with Gasteiger partial charge in [0.25, 0.3) is 5.91 Å². The Morgan fingerprint density at radius 1 is 1.17 bits per heavy atom. The van der Waals surface area contributed by atoms with Crippen molar-refractivity contribution in [3.05, 3.63) is 59.4 Å². The van der Waals surface area contributed by atoms with Gasteiger partial charge in [-0.1, -0.05) is 49.4 Å². The molecule has 30 heavy (non-hydrogen) atoms. The fourth-order valence-electron chi connectivity index (χ4n) is 3.18. The van der Waals surface area contributed by atoms with Crippen molar-refractivity contribution >= 4 is 27.9 Å². The third kappa shape index (κ3) is 4.04. The Kier molecular flexibility index (Phi) is 5.50. The molecule has 0 saturated carbocycles. The van der Waals surface area contributed by atoms with E-state index in [1.54, 1.807) is 4.52 Å². The SMILES string of the molecule is Cc1ccc(C(C)C)c(OCC(=O)Nc2ccccc2-c2nn3c(C)nnc3s2)c1. The smallest absolute Gasteiger partial charge is 0.262 e. The summed E-state index contributed by atoms with van der Waals surface area (Å²) in [6.07, 6.45) is 0. The second-order valence-corrected chi connectivity index (χ2v) is 8.38. The van der Waals surface area contributed by atoms with Crippen LogP contribution in [-0.2, 0) is 4.79 Å². The van der Waals surface area contributed by atoms with E-state index >= 15 is 0 Å². The van der Waals surface area contributed by atoms with Gasteiger partial charge in [-0.3, -0.25) is 4.79 Å². The zero-order valence-corrected chi connectivity index (χ0v) is 18.2. The van der Waals surface area contributed by atoms with Gasteiger partial charge in [0.05, 0.1) is 5.69 Å². The van der Waals surface area contributed by atoms with Gasteiger partial charge in [0, 0.05) is 5.56 Å². The fourth-order valence-corrected chi connectivity index (χ4v) is 4.10. The summed E-state index contributed by atoms with van der Waals surface area (Å²) >= 11 is 1.43. The Bertz CT molecular complexity index is 1210. The first kappa shape index (κ1) is 20.0. The Labute approximate surface area is 178 Å². The second kappa shape index (κ2) is 8.23. The van der Waals surface area contributed by atoms with Gasteiger partial charge in [-0.05, 0) is 49.1 Å². The van der Waals surface area contributed by atoms with Gasteiger partial charge < -0.3 is 10.1 Å². The van der Waals surface area contributed by atoms with Crippen molar-refractivity contribution in [1.29, 1.82) is 0 Å². The Balaban J connectivity index is 1.51. The van der Waals surface area contributed by atoms with Crippen molar-refractivity contribution < 1.29 is 9.53 Å². The molecule has 154 valence electrons. The summed E-state index contributed by atoms with van der Waals surface area (Å²) in [5.41, 5.74) is 3.70. The maximum absolute atomic E-state index is 12.6. The maximum atomic E-state index is 12.6.